The molecule has 0 atom stereocenters. The first-order valence-corrected chi connectivity index (χ1v) is 5.95. The largest absolute Gasteiger partial charge is 0.369 e. The third-order valence-corrected chi connectivity index (χ3v) is 2.67. The Morgan fingerprint density at radius 3 is 2.53 bits per heavy atom. The third kappa shape index (κ3) is 3.86. The van der Waals surface area contributed by atoms with E-state index in [4.69, 9.17) is 10.9 Å². The predicted molar refractivity (Wildman–Crippen MR) is 58.5 cm³/mol. The third-order valence-electron chi connectivity index (χ3n) is 1.75. The lowest BCUT2D eigenvalue weighted by Crippen LogP contribution is -2.12. The number of primary sulfonamides is 1. The Hall–Kier alpha value is -1.91. The Morgan fingerprint density at radius 1 is 1.41 bits per heavy atom. The highest BCUT2D eigenvalue weighted by Gasteiger charge is 2.10. The van der Waals surface area contributed by atoms with Gasteiger partial charge in [-0.15, -0.1) is 0 Å². The van der Waals surface area contributed by atoms with Gasteiger partial charge in [0.05, 0.1) is 16.9 Å². The van der Waals surface area contributed by atoms with E-state index in [2.05, 4.69) is 11.8 Å². The van der Waals surface area contributed by atoms with E-state index in [-0.39, 0.29) is 16.9 Å². The van der Waals surface area contributed by atoms with Crippen LogP contribution in [0.5, 0.6) is 0 Å². The lowest BCUT2D eigenvalue weighted by molar-refractivity contribution is -0.117. The van der Waals surface area contributed by atoms with Crippen molar-refractivity contribution in [2.24, 2.45) is 10.9 Å². The van der Waals surface area contributed by atoms with E-state index < -0.39 is 21.7 Å². The molecule has 90 valence electrons. The van der Waals surface area contributed by atoms with Crippen LogP contribution in [0.1, 0.15) is 12.0 Å². The number of amides is 1. The number of halogens is 1. The molecule has 0 radical (unpaired) electrons. The number of nitrogens with two attached hydrogens (primary N) is 2. The van der Waals surface area contributed by atoms with Gasteiger partial charge in [-0.25, -0.2) is 17.9 Å². The van der Waals surface area contributed by atoms with Crippen molar-refractivity contribution in [3.63, 3.8) is 0 Å². The van der Waals surface area contributed by atoms with Crippen molar-refractivity contribution >= 4 is 15.9 Å². The molecule has 4 N–H and O–H groups in total. The molecule has 0 saturated carbocycles. The number of carbonyl (C=O) groups excluding carboxylic acids is 1. The minimum Gasteiger partial charge on any atom is -0.369 e. The smallest absolute Gasteiger partial charge is 0.238 e. The van der Waals surface area contributed by atoms with Gasteiger partial charge in [-0.1, -0.05) is 11.8 Å². The summed E-state index contributed by atoms with van der Waals surface area (Å²) in [5.41, 5.74) is 4.82. The number of benzene rings is 1. The van der Waals surface area contributed by atoms with E-state index in [1.54, 1.807) is 0 Å². The van der Waals surface area contributed by atoms with Gasteiger partial charge in [-0.2, -0.15) is 0 Å². The molecule has 0 aliphatic carbocycles. The number of rotatable bonds is 2. The van der Waals surface area contributed by atoms with Gasteiger partial charge in [0.2, 0.25) is 15.9 Å². The van der Waals surface area contributed by atoms with Gasteiger partial charge in [-0.3, -0.25) is 4.79 Å². The average Bonchev–Trinajstić information content (AvgIpc) is 2.18. The van der Waals surface area contributed by atoms with Crippen LogP contribution in [0.2, 0.25) is 0 Å². The van der Waals surface area contributed by atoms with E-state index >= 15 is 0 Å². The molecular formula is C10H9FN2O3S. The SMILES string of the molecule is NC(=O)CC#Cc1ccc(S(N)(=O)=O)cc1F. The molecule has 1 aromatic carbocycles. The number of hydrogen-bond acceptors (Lipinski definition) is 3. The highest BCUT2D eigenvalue weighted by molar-refractivity contribution is 7.89. The second-order valence-corrected chi connectivity index (χ2v) is 4.69. The molecule has 0 aromatic heterocycles. The summed E-state index contributed by atoms with van der Waals surface area (Å²) >= 11 is 0. The van der Waals surface area contributed by atoms with Crippen molar-refractivity contribution in [1.29, 1.82) is 0 Å². The molecule has 0 bridgehead atoms. The lowest BCUT2D eigenvalue weighted by atomic mass is 10.2. The summed E-state index contributed by atoms with van der Waals surface area (Å²) in [7, 11) is -3.94. The molecule has 1 aromatic rings. The maximum Gasteiger partial charge on any atom is 0.238 e. The summed E-state index contributed by atoms with van der Waals surface area (Å²) in [5, 5.41) is 4.82. The standard InChI is InChI=1S/C10H9FN2O3S/c11-9-6-8(17(13,15)16)5-4-7(9)2-1-3-10(12)14/h4-6H,3H2,(H2,12,14)(H2,13,15,16). The average molecular weight is 256 g/mol. The van der Waals surface area contributed by atoms with Crippen LogP contribution >= 0.6 is 0 Å². The molecule has 0 unspecified atom stereocenters. The Labute approximate surface area is 97.7 Å². The van der Waals surface area contributed by atoms with Gasteiger partial charge in [0.15, 0.2) is 0 Å². The Bertz CT molecular complexity index is 614. The second-order valence-electron chi connectivity index (χ2n) is 3.13. The maximum atomic E-state index is 13.4. The van der Waals surface area contributed by atoms with E-state index in [0.717, 1.165) is 12.1 Å². The van der Waals surface area contributed by atoms with E-state index in [1.165, 1.54) is 6.07 Å². The van der Waals surface area contributed by atoms with Gasteiger partial charge >= 0.3 is 0 Å². The van der Waals surface area contributed by atoms with Crippen LogP contribution in [0.3, 0.4) is 0 Å². The van der Waals surface area contributed by atoms with Gasteiger partial charge in [0, 0.05) is 0 Å². The summed E-state index contributed by atoms with van der Waals surface area (Å²) in [6, 6.07) is 3.07. The molecule has 5 nitrogen and oxygen atoms in total. The van der Waals surface area contributed by atoms with Gasteiger partial charge in [-0.05, 0) is 18.2 Å². The van der Waals surface area contributed by atoms with E-state index in [0.29, 0.717) is 0 Å². The van der Waals surface area contributed by atoms with Crippen molar-refractivity contribution < 1.29 is 17.6 Å². The molecule has 0 aliphatic rings. The molecule has 0 heterocycles. The number of carbonyl (C=O) groups is 1. The fraction of sp³-hybridized carbons (Fsp3) is 0.100. The van der Waals surface area contributed by atoms with Crippen LogP contribution in [0.15, 0.2) is 23.1 Å². The Kier molecular flexibility index (Phi) is 3.83. The van der Waals surface area contributed by atoms with Crippen molar-refractivity contribution in [2.45, 2.75) is 11.3 Å². The first kappa shape index (κ1) is 13.2. The highest BCUT2D eigenvalue weighted by Crippen LogP contribution is 2.12. The molecule has 0 aliphatic heterocycles. The maximum absolute atomic E-state index is 13.4. The van der Waals surface area contributed by atoms with E-state index in [1.807, 2.05) is 0 Å². The minimum atomic E-state index is -3.94. The molecule has 1 amide bonds. The van der Waals surface area contributed by atoms with Crippen LogP contribution in [0.4, 0.5) is 4.39 Å². The lowest BCUT2D eigenvalue weighted by Gasteiger charge is -1.99. The topological polar surface area (TPSA) is 103 Å². The zero-order valence-corrected chi connectivity index (χ0v) is 9.42. The number of primary amides is 1. The minimum absolute atomic E-state index is 0.0290. The Balaban J connectivity index is 3.05. The van der Waals surface area contributed by atoms with Gasteiger partial charge < -0.3 is 5.73 Å². The van der Waals surface area contributed by atoms with Crippen LogP contribution < -0.4 is 10.9 Å². The second kappa shape index (κ2) is 4.95. The summed E-state index contributed by atoms with van der Waals surface area (Å²) in [4.78, 5) is 10.1. The van der Waals surface area contributed by atoms with Crippen LogP contribution in [-0.4, -0.2) is 14.3 Å². The highest BCUT2D eigenvalue weighted by atomic mass is 32.2. The fourth-order valence-electron chi connectivity index (χ4n) is 1.00. The molecule has 17 heavy (non-hydrogen) atoms. The van der Waals surface area contributed by atoms with Crippen molar-refractivity contribution in [3.05, 3.63) is 29.6 Å². The quantitative estimate of drug-likeness (QED) is 0.710. The summed E-state index contributed by atoms with van der Waals surface area (Å²) in [5.74, 6) is 3.27. The number of sulfonamides is 1. The first-order valence-electron chi connectivity index (χ1n) is 4.40. The monoisotopic (exact) mass is 256 g/mol. The normalized spacial score (nSPS) is 10.5. The summed E-state index contributed by atoms with van der Waals surface area (Å²) in [6.45, 7) is 0. The van der Waals surface area contributed by atoms with E-state index in [9.17, 15) is 17.6 Å². The zero-order chi connectivity index (χ0) is 13.1. The molecule has 0 saturated heterocycles. The van der Waals surface area contributed by atoms with Gasteiger partial charge in [0.25, 0.3) is 0 Å². The first-order chi connectivity index (χ1) is 7.80. The van der Waals surface area contributed by atoms with Gasteiger partial charge in [0.1, 0.15) is 5.82 Å². The van der Waals surface area contributed by atoms with Crippen molar-refractivity contribution in [3.8, 4) is 11.8 Å². The van der Waals surface area contributed by atoms with Crippen molar-refractivity contribution in [1.82, 2.24) is 0 Å². The summed E-state index contributed by atoms with van der Waals surface area (Å²) < 4.78 is 35.2. The van der Waals surface area contributed by atoms with Crippen LogP contribution in [0, 0.1) is 17.7 Å². The molecule has 1 rings (SSSR count). The van der Waals surface area contributed by atoms with Crippen LogP contribution in [0.25, 0.3) is 0 Å². The molecule has 0 spiro atoms. The fourth-order valence-corrected chi connectivity index (χ4v) is 1.53. The van der Waals surface area contributed by atoms with Crippen LogP contribution in [-0.2, 0) is 14.8 Å². The Morgan fingerprint density at radius 2 is 2.06 bits per heavy atom. The zero-order valence-electron chi connectivity index (χ0n) is 8.60. The molecule has 0 fully saturated rings. The molecular weight excluding hydrogens is 247 g/mol. The predicted octanol–water partition coefficient (Wildman–Crippen LogP) is -0.300. The molecule has 7 heteroatoms. The van der Waals surface area contributed by atoms with Crippen molar-refractivity contribution in [2.75, 3.05) is 0 Å². The number of hydrogen-bond donors (Lipinski definition) is 2. The summed E-state index contributed by atoms with van der Waals surface area (Å²) in [6.07, 6.45) is -0.198.